The number of phenolic OH excluding ortho intramolecular Hbond substituents is 1. The lowest BCUT2D eigenvalue weighted by molar-refractivity contribution is 0.104. The monoisotopic (exact) mass is 426 g/mol. The summed E-state index contributed by atoms with van der Waals surface area (Å²) >= 11 is 3.39. The molecule has 1 aromatic heterocycles. The lowest BCUT2D eigenvalue weighted by Crippen LogP contribution is -2.01. The lowest BCUT2D eigenvalue weighted by Gasteiger charge is -2.06. The highest BCUT2D eigenvalue weighted by atomic mass is 79.9. The molecule has 3 rings (SSSR count). The average molecular weight is 427 g/mol. The number of carbonyl (C=O) groups excluding carboxylic acids is 1. The molecule has 3 aromatic rings. The molecule has 0 spiro atoms. The molecule has 138 valence electrons. The van der Waals surface area contributed by atoms with E-state index >= 15 is 0 Å². The Bertz CT molecular complexity index is 1020. The van der Waals surface area contributed by atoms with E-state index in [1.165, 1.54) is 19.3 Å². The maximum Gasteiger partial charge on any atom is 0.189 e. The Morgan fingerprint density at radius 3 is 2.59 bits per heavy atom. The lowest BCUT2D eigenvalue weighted by atomic mass is 10.1. The largest absolute Gasteiger partial charge is 0.504 e. The fourth-order valence-corrected chi connectivity index (χ4v) is 3.38. The molecule has 5 nitrogen and oxygen atoms in total. The number of aryl methyl sites for hydroxylation is 1. The molecule has 1 heterocycles. The standard InChI is InChI=1S/C21H19BrN2O3/c1-13-21(14(2)24(23-13)16-7-5-4-6-8-16)18(25)10-9-15-11-20(27-3)19(26)12-17(15)22/h4-12,26H,1-3H3/b10-9+. The molecule has 6 heteroatoms. The number of halogens is 1. The first kappa shape index (κ1) is 18.9. The number of nitrogens with zero attached hydrogens (tertiary/aromatic N) is 2. The number of aromatic nitrogens is 2. The second kappa shape index (κ2) is 7.80. The summed E-state index contributed by atoms with van der Waals surface area (Å²) < 4.78 is 7.56. The van der Waals surface area contributed by atoms with Gasteiger partial charge >= 0.3 is 0 Å². The smallest absolute Gasteiger partial charge is 0.189 e. The molecule has 1 N–H and O–H groups in total. The number of carbonyl (C=O) groups is 1. The van der Waals surface area contributed by atoms with Crippen LogP contribution < -0.4 is 4.74 Å². The first-order chi connectivity index (χ1) is 12.9. The van der Waals surface area contributed by atoms with Crippen molar-refractivity contribution < 1.29 is 14.6 Å². The van der Waals surface area contributed by atoms with Crippen molar-refractivity contribution >= 4 is 27.8 Å². The number of ether oxygens (including phenoxy) is 1. The predicted octanol–water partition coefficient (Wildman–Crippen LogP) is 4.86. The summed E-state index contributed by atoms with van der Waals surface area (Å²) in [6.45, 7) is 3.71. The van der Waals surface area contributed by atoms with E-state index in [-0.39, 0.29) is 11.5 Å². The first-order valence-electron chi connectivity index (χ1n) is 8.33. The van der Waals surface area contributed by atoms with Gasteiger partial charge in [-0.3, -0.25) is 4.79 Å². The molecule has 0 radical (unpaired) electrons. The van der Waals surface area contributed by atoms with Gasteiger partial charge < -0.3 is 9.84 Å². The van der Waals surface area contributed by atoms with Crippen LogP contribution in [0.1, 0.15) is 27.3 Å². The Morgan fingerprint density at radius 2 is 1.93 bits per heavy atom. The number of rotatable bonds is 5. The van der Waals surface area contributed by atoms with Crippen molar-refractivity contribution in [2.45, 2.75) is 13.8 Å². The number of aromatic hydroxyl groups is 1. The van der Waals surface area contributed by atoms with Crippen LogP contribution in [0.5, 0.6) is 11.5 Å². The van der Waals surface area contributed by atoms with Gasteiger partial charge in [-0.1, -0.05) is 34.1 Å². The second-order valence-corrected chi connectivity index (χ2v) is 6.89. The second-order valence-electron chi connectivity index (χ2n) is 6.04. The summed E-state index contributed by atoms with van der Waals surface area (Å²) in [5, 5.41) is 14.3. The van der Waals surface area contributed by atoms with Crippen molar-refractivity contribution in [1.82, 2.24) is 9.78 Å². The zero-order valence-electron chi connectivity index (χ0n) is 15.2. The fraction of sp³-hybridized carbons (Fsp3) is 0.143. The van der Waals surface area contributed by atoms with Crippen LogP contribution in [0.25, 0.3) is 11.8 Å². The molecular weight excluding hydrogens is 408 g/mol. The molecule has 0 saturated heterocycles. The zero-order valence-corrected chi connectivity index (χ0v) is 16.8. The van der Waals surface area contributed by atoms with E-state index in [2.05, 4.69) is 21.0 Å². The van der Waals surface area contributed by atoms with Crippen molar-refractivity contribution in [3.63, 3.8) is 0 Å². The topological polar surface area (TPSA) is 64.3 Å². The summed E-state index contributed by atoms with van der Waals surface area (Å²) in [7, 11) is 1.48. The maximum atomic E-state index is 12.8. The summed E-state index contributed by atoms with van der Waals surface area (Å²) in [6, 6.07) is 12.9. The number of allylic oxidation sites excluding steroid dienone is 1. The van der Waals surface area contributed by atoms with Crippen LogP contribution in [-0.4, -0.2) is 27.8 Å². The quantitative estimate of drug-likeness (QED) is 0.467. The highest BCUT2D eigenvalue weighted by molar-refractivity contribution is 9.10. The molecule has 27 heavy (non-hydrogen) atoms. The van der Waals surface area contributed by atoms with Gasteiger partial charge in [0.05, 0.1) is 29.7 Å². The molecule has 0 aliphatic heterocycles. The maximum absolute atomic E-state index is 12.8. The van der Waals surface area contributed by atoms with Gasteiger partial charge in [0.1, 0.15) is 0 Å². The van der Waals surface area contributed by atoms with Gasteiger partial charge in [-0.25, -0.2) is 4.68 Å². The van der Waals surface area contributed by atoms with E-state index in [4.69, 9.17) is 4.74 Å². The molecule has 0 amide bonds. The Labute approximate surface area is 166 Å². The van der Waals surface area contributed by atoms with Crippen molar-refractivity contribution in [2.24, 2.45) is 0 Å². The Balaban J connectivity index is 1.94. The van der Waals surface area contributed by atoms with Gasteiger partial charge in [-0.15, -0.1) is 0 Å². The Morgan fingerprint density at radius 1 is 1.22 bits per heavy atom. The SMILES string of the molecule is COc1cc(/C=C/C(=O)c2c(C)nn(-c3ccccc3)c2C)c(Br)cc1O. The third-order valence-electron chi connectivity index (χ3n) is 4.25. The van der Waals surface area contributed by atoms with Gasteiger partial charge in [0, 0.05) is 4.47 Å². The number of hydrogen-bond donors (Lipinski definition) is 1. The minimum atomic E-state index is -0.133. The van der Waals surface area contributed by atoms with E-state index in [1.807, 2.05) is 44.2 Å². The third-order valence-corrected chi connectivity index (χ3v) is 4.94. The van der Waals surface area contributed by atoms with Crippen LogP contribution in [0, 0.1) is 13.8 Å². The Hall–Kier alpha value is -2.86. The number of para-hydroxylation sites is 1. The summed E-state index contributed by atoms with van der Waals surface area (Å²) in [5.41, 5.74) is 3.68. The van der Waals surface area contributed by atoms with Gasteiger partial charge in [-0.2, -0.15) is 5.10 Å². The van der Waals surface area contributed by atoms with Crippen molar-refractivity contribution in [3.05, 3.63) is 75.5 Å². The Kier molecular flexibility index (Phi) is 5.46. The van der Waals surface area contributed by atoms with Crippen molar-refractivity contribution in [3.8, 4) is 17.2 Å². The van der Waals surface area contributed by atoms with Gasteiger partial charge in [0.25, 0.3) is 0 Å². The van der Waals surface area contributed by atoms with Crippen LogP contribution in [-0.2, 0) is 0 Å². The molecule has 0 saturated carbocycles. The van der Waals surface area contributed by atoms with Gasteiger partial charge in [-0.05, 0) is 55.8 Å². The summed E-state index contributed by atoms with van der Waals surface area (Å²) in [6.07, 6.45) is 3.19. The average Bonchev–Trinajstić information content (AvgIpc) is 2.96. The first-order valence-corrected chi connectivity index (χ1v) is 9.12. The fourth-order valence-electron chi connectivity index (χ4n) is 2.92. The van der Waals surface area contributed by atoms with Crippen LogP contribution in [0.2, 0.25) is 0 Å². The number of ketones is 1. The number of hydrogen-bond acceptors (Lipinski definition) is 4. The normalized spacial score (nSPS) is 11.1. The van der Waals surface area contributed by atoms with Gasteiger partial charge in [0.15, 0.2) is 17.3 Å². The number of phenols is 1. The van der Waals surface area contributed by atoms with Crippen molar-refractivity contribution in [1.29, 1.82) is 0 Å². The highest BCUT2D eigenvalue weighted by Gasteiger charge is 2.17. The molecule has 0 unspecified atom stereocenters. The molecule has 0 aliphatic rings. The van der Waals surface area contributed by atoms with E-state index in [0.29, 0.717) is 21.5 Å². The van der Waals surface area contributed by atoms with Crippen LogP contribution >= 0.6 is 15.9 Å². The summed E-state index contributed by atoms with van der Waals surface area (Å²) in [4.78, 5) is 12.8. The molecule has 2 aromatic carbocycles. The molecule has 0 fully saturated rings. The van der Waals surface area contributed by atoms with E-state index in [1.54, 1.807) is 16.8 Å². The minimum absolute atomic E-state index is 0.0312. The van der Waals surface area contributed by atoms with Crippen LogP contribution in [0.3, 0.4) is 0 Å². The van der Waals surface area contributed by atoms with Crippen LogP contribution in [0.15, 0.2) is 53.0 Å². The van der Waals surface area contributed by atoms with Crippen LogP contribution in [0.4, 0.5) is 0 Å². The molecular formula is C21H19BrN2O3. The third kappa shape index (κ3) is 3.80. The van der Waals surface area contributed by atoms with E-state index in [9.17, 15) is 9.90 Å². The molecule has 0 aliphatic carbocycles. The number of methoxy groups -OCH3 is 1. The zero-order chi connectivity index (χ0) is 19.6. The van der Waals surface area contributed by atoms with E-state index < -0.39 is 0 Å². The summed E-state index contributed by atoms with van der Waals surface area (Å²) in [5.74, 6) is 0.240. The molecule has 0 bridgehead atoms. The van der Waals surface area contributed by atoms with E-state index in [0.717, 1.165) is 16.9 Å². The predicted molar refractivity (Wildman–Crippen MR) is 109 cm³/mol. The molecule has 0 atom stereocenters. The number of benzene rings is 2. The minimum Gasteiger partial charge on any atom is -0.504 e. The van der Waals surface area contributed by atoms with Gasteiger partial charge in [0.2, 0.25) is 0 Å². The highest BCUT2D eigenvalue weighted by Crippen LogP contribution is 2.33. The van der Waals surface area contributed by atoms with Crippen molar-refractivity contribution in [2.75, 3.05) is 7.11 Å².